The van der Waals surface area contributed by atoms with Crippen LogP contribution in [0.4, 0.5) is 35.3 Å². The van der Waals surface area contributed by atoms with Crippen molar-refractivity contribution in [2.45, 2.75) is 31.1 Å². The number of rotatable bonds is 3. The Bertz CT molecular complexity index is 954. The minimum Gasteiger partial charge on any atom is -0.477 e. The predicted octanol–water partition coefficient (Wildman–Crippen LogP) is 3.13. The van der Waals surface area contributed by atoms with Crippen LogP contribution < -0.4 is 15.1 Å². The summed E-state index contributed by atoms with van der Waals surface area (Å²) in [7, 11) is 0. The number of halogens is 3. The molecule has 4 heterocycles. The van der Waals surface area contributed by atoms with Crippen molar-refractivity contribution >= 4 is 29.3 Å². The Kier molecular flexibility index (Phi) is 4.52. The Labute approximate surface area is 163 Å². The van der Waals surface area contributed by atoms with Gasteiger partial charge in [-0.1, -0.05) is 6.07 Å². The molecule has 0 radical (unpaired) electrons. The van der Waals surface area contributed by atoms with Gasteiger partial charge in [0.05, 0.1) is 18.2 Å². The van der Waals surface area contributed by atoms with E-state index < -0.39 is 36.7 Å². The zero-order valence-corrected chi connectivity index (χ0v) is 14.9. The fraction of sp³-hybridized carbons (Fsp3) is 0.333. The number of amides is 2. The van der Waals surface area contributed by atoms with Crippen LogP contribution in [0.2, 0.25) is 0 Å². The number of hydrogen-bond donors (Lipinski definition) is 2. The summed E-state index contributed by atoms with van der Waals surface area (Å²) in [5.41, 5.74) is 0.00317. The number of urea groups is 1. The van der Waals surface area contributed by atoms with Crippen molar-refractivity contribution in [1.29, 1.82) is 0 Å². The fourth-order valence-corrected chi connectivity index (χ4v) is 3.84. The zero-order valence-electron chi connectivity index (χ0n) is 14.9. The third-order valence-electron chi connectivity index (χ3n) is 4.95. The van der Waals surface area contributed by atoms with Crippen molar-refractivity contribution in [3.63, 3.8) is 0 Å². The van der Waals surface area contributed by atoms with Crippen LogP contribution in [0.1, 0.15) is 23.3 Å². The van der Waals surface area contributed by atoms with Crippen LogP contribution in [-0.2, 0) is 0 Å². The van der Waals surface area contributed by atoms with Gasteiger partial charge in [-0.05, 0) is 30.7 Å². The number of carboxylic acids is 1. The van der Waals surface area contributed by atoms with Gasteiger partial charge in [-0.15, -0.1) is 0 Å². The van der Waals surface area contributed by atoms with Crippen molar-refractivity contribution in [3.05, 3.63) is 42.2 Å². The standard InChI is InChI=1S/C18H16F3N5O3/c19-18(20,21)8-10-7-11-9-25(10)13-5-4-12(16(27)28)23-15(13)26(11)17(29)24-14-3-1-2-6-22-14/h1-6,10-11H,7-9H2,(H,27,28)(H,22,24,29)/t10?,11-/m0/s1. The average Bonchev–Trinajstić information content (AvgIpc) is 2.99. The first-order valence-electron chi connectivity index (χ1n) is 8.82. The van der Waals surface area contributed by atoms with Gasteiger partial charge in [0, 0.05) is 18.8 Å². The Morgan fingerprint density at radius 2 is 2.03 bits per heavy atom. The highest BCUT2D eigenvalue weighted by Gasteiger charge is 2.48. The van der Waals surface area contributed by atoms with Crippen LogP contribution in [0.5, 0.6) is 0 Å². The van der Waals surface area contributed by atoms with E-state index >= 15 is 0 Å². The summed E-state index contributed by atoms with van der Waals surface area (Å²) >= 11 is 0. The number of fused-ring (bicyclic) bond motifs is 4. The second-order valence-electron chi connectivity index (χ2n) is 6.87. The summed E-state index contributed by atoms with van der Waals surface area (Å²) in [6.45, 7) is 0.206. The molecule has 8 nitrogen and oxygen atoms in total. The highest BCUT2D eigenvalue weighted by Crippen LogP contribution is 2.44. The molecule has 4 rings (SSSR count). The molecule has 2 aliphatic rings. The van der Waals surface area contributed by atoms with Crippen LogP contribution in [0.3, 0.4) is 0 Å². The van der Waals surface area contributed by atoms with E-state index in [1.807, 2.05) is 0 Å². The number of carbonyl (C=O) groups excluding carboxylic acids is 1. The number of nitrogens with zero attached hydrogens (tertiary/aromatic N) is 4. The second kappa shape index (κ2) is 6.90. The Morgan fingerprint density at radius 3 is 2.69 bits per heavy atom. The molecular formula is C18H16F3N5O3. The first kappa shape index (κ1) is 19.0. The summed E-state index contributed by atoms with van der Waals surface area (Å²) < 4.78 is 39.1. The maximum Gasteiger partial charge on any atom is 0.391 e. The van der Waals surface area contributed by atoms with E-state index in [0.717, 1.165) is 0 Å². The Balaban J connectivity index is 1.72. The molecule has 2 aromatic heterocycles. The smallest absolute Gasteiger partial charge is 0.391 e. The molecule has 11 heteroatoms. The molecule has 1 unspecified atom stereocenters. The number of aromatic nitrogens is 2. The SMILES string of the molecule is O=C(O)c1ccc2c(n1)N(C(=O)Nc1ccccn1)[C@H]1CC(CC(F)(F)F)N2C1. The summed E-state index contributed by atoms with van der Waals surface area (Å²) in [4.78, 5) is 35.1. The van der Waals surface area contributed by atoms with Crippen LogP contribution in [0.15, 0.2) is 36.5 Å². The number of alkyl halides is 3. The van der Waals surface area contributed by atoms with Gasteiger partial charge in [0.15, 0.2) is 11.5 Å². The quantitative estimate of drug-likeness (QED) is 0.811. The van der Waals surface area contributed by atoms with Gasteiger partial charge in [0.1, 0.15) is 5.82 Å². The van der Waals surface area contributed by atoms with E-state index in [1.54, 1.807) is 23.1 Å². The van der Waals surface area contributed by atoms with Crippen molar-refractivity contribution in [2.75, 3.05) is 21.7 Å². The number of hydrogen-bond acceptors (Lipinski definition) is 5. The zero-order chi connectivity index (χ0) is 20.8. The lowest BCUT2D eigenvalue weighted by Crippen LogP contribution is -2.48. The lowest BCUT2D eigenvalue weighted by molar-refractivity contribution is -0.137. The van der Waals surface area contributed by atoms with Gasteiger partial charge in [-0.3, -0.25) is 10.2 Å². The molecule has 0 saturated carbocycles. The number of carboxylic acid groups (broad SMARTS) is 1. The van der Waals surface area contributed by atoms with E-state index in [0.29, 0.717) is 5.69 Å². The van der Waals surface area contributed by atoms with E-state index in [-0.39, 0.29) is 30.3 Å². The molecule has 152 valence electrons. The number of pyridine rings is 2. The van der Waals surface area contributed by atoms with Gasteiger partial charge in [-0.2, -0.15) is 13.2 Å². The van der Waals surface area contributed by atoms with E-state index in [9.17, 15) is 27.9 Å². The molecule has 2 N–H and O–H groups in total. The van der Waals surface area contributed by atoms with Crippen LogP contribution in [-0.4, -0.2) is 51.9 Å². The van der Waals surface area contributed by atoms with Crippen LogP contribution in [0.25, 0.3) is 0 Å². The largest absolute Gasteiger partial charge is 0.477 e. The molecular weight excluding hydrogens is 391 g/mol. The molecule has 2 aliphatic heterocycles. The van der Waals surface area contributed by atoms with E-state index in [1.165, 1.54) is 23.2 Å². The third kappa shape index (κ3) is 3.67. The first-order chi connectivity index (χ1) is 13.7. The minimum atomic E-state index is -4.36. The van der Waals surface area contributed by atoms with Crippen molar-refractivity contribution in [1.82, 2.24) is 9.97 Å². The van der Waals surface area contributed by atoms with Crippen LogP contribution >= 0.6 is 0 Å². The van der Waals surface area contributed by atoms with Crippen molar-refractivity contribution < 1.29 is 27.9 Å². The molecule has 2 amide bonds. The third-order valence-corrected chi connectivity index (χ3v) is 4.95. The van der Waals surface area contributed by atoms with Gasteiger partial charge in [-0.25, -0.2) is 19.6 Å². The van der Waals surface area contributed by atoms with Gasteiger partial charge in [0.2, 0.25) is 0 Å². The van der Waals surface area contributed by atoms with Crippen molar-refractivity contribution in [3.8, 4) is 0 Å². The Hall–Kier alpha value is -3.37. The second-order valence-corrected chi connectivity index (χ2v) is 6.87. The monoisotopic (exact) mass is 407 g/mol. The topological polar surface area (TPSA) is 98.7 Å². The summed E-state index contributed by atoms with van der Waals surface area (Å²) in [6.07, 6.45) is -3.82. The van der Waals surface area contributed by atoms with Crippen molar-refractivity contribution in [2.24, 2.45) is 0 Å². The van der Waals surface area contributed by atoms with E-state index in [4.69, 9.17) is 0 Å². The van der Waals surface area contributed by atoms with Crippen LogP contribution in [0, 0.1) is 0 Å². The lowest BCUT2D eigenvalue weighted by Gasteiger charge is -2.36. The molecule has 2 bridgehead atoms. The van der Waals surface area contributed by atoms with Gasteiger partial charge >= 0.3 is 18.2 Å². The van der Waals surface area contributed by atoms with Gasteiger partial charge in [0.25, 0.3) is 0 Å². The normalized spacial score (nSPS) is 20.4. The highest BCUT2D eigenvalue weighted by atomic mass is 19.4. The maximum absolute atomic E-state index is 13.0. The lowest BCUT2D eigenvalue weighted by atomic mass is 10.1. The molecule has 0 aromatic carbocycles. The predicted molar refractivity (Wildman–Crippen MR) is 97.1 cm³/mol. The van der Waals surface area contributed by atoms with Gasteiger partial charge < -0.3 is 10.0 Å². The Morgan fingerprint density at radius 1 is 1.24 bits per heavy atom. The molecule has 1 saturated heterocycles. The summed E-state index contributed by atoms with van der Waals surface area (Å²) in [6, 6.07) is 5.47. The summed E-state index contributed by atoms with van der Waals surface area (Å²) in [5.74, 6) is -1.00. The number of aromatic carboxylic acids is 1. The average molecular weight is 407 g/mol. The minimum absolute atomic E-state index is 0.0271. The summed E-state index contributed by atoms with van der Waals surface area (Å²) in [5, 5.41) is 11.8. The number of nitrogens with one attached hydrogen (secondary N) is 1. The number of anilines is 3. The molecule has 0 spiro atoms. The molecule has 0 aliphatic carbocycles. The highest BCUT2D eigenvalue weighted by molar-refractivity contribution is 6.04. The molecule has 2 atom stereocenters. The fourth-order valence-electron chi connectivity index (χ4n) is 3.84. The molecule has 2 aromatic rings. The molecule has 1 fully saturated rings. The van der Waals surface area contributed by atoms with E-state index in [2.05, 4.69) is 15.3 Å². The first-order valence-corrected chi connectivity index (χ1v) is 8.82. The number of carbonyl (C=O) groups is 2. The molecule has 29 heavy (non-hydrogen) atoms. The maximum atomic E-state index is 13.0.